The van der Waals surface area contributed by atoms with Crippen molar-refractivity contribution in [1.82, 2.24) is 5.32 Å². The van der Waals surface area contributed by atoms with Gasteiger partial charge in [0.15, 0.2) is 0 Å². The first-order valence-electron chi connectivity index (χ1n) is 5.20. The van der Waals surface area contributed by atoms with Crippen molar-refractivity contribution in [1.29, 1.82) is 0 Å². The van der Waals surface area contributed by atoms with Gasteiger partial charge in [0.1, 0.15) is 6.11 Å². The van der Waals surface area contributed by atoms with Crippen LogP contribution < -0.4 is 5.32 Å². The minimum absolute atomic E-state index is 0.254. The number of aliphatic hydroxyl groups is 2. The highest BCUT2D eigenvalue weighted by Gasteiger charge is 2.19. The molecule has 0 fully saturated rings. The predicted molar refractivity (Wildman–Crippen MR) is 57.3 cm³/mol. The normalized spacial score (nSPS) is 14.2. The van der Waals surface area contributed by atoms with Gasteiger partial charge in [-0.2, -0.15) is 0 Å². The number of unbranched alkanes of at least 4 members (excludes halogenated alkanes) is 2. The Morgan fingerprint density at radius 2 is 2.00 bits per heavy atom. The molecule has 0 amide bonds. The van der Waals surface area contributed by atoms with E-state index in [1.54, 1.807) is 0 Å². The van der Waals surface area contributed by atoms with Crippen molar-refractivity contribution in [3.63, 3.8) is 0 Å². The van der Waals surface area contributed by atoms with Gasteiger partial charge in [0.25, 0.3) is 0 Å². The summed E-state index contributed by atoms with van der Waals surface area (Å²) in [6.07, 6.45) is 5.73. The topological polar surface area (TPSA) is 52.5 Å². The van der Waals surface area contributed by atoms with Crippen LogP contribution in [0.2, 0.25) is 0 Å². The fourth-order valence-corrected chi connectivity index (χ4v) is 1.48. The maximum atomic E-state index is 8.62. The zero-order valence-electron chi connectivity index (χ0n) is 9.14. The summed E-state index contributed by atoms with van der Waals surface area (Å²) in [6.45, 7) is 5.10. The van der Waals surface area contributed by atoms with Crippen molar-refractivity contribution in [3.8, 4) is 12.0 Å². The first-order valence-corrected chi connectivity index (χ1v) is 5.20. The third-order valence-corrected chi connectivity index (χ3v) is 2.23. The molecule has 82 valence electrons. The molecule has 3 heteroatoms. The minimum Gasteiger partial charge on any atom is -0.462 e. The van der Waals surface area contributed by atoms with Crippen LogP contribution in [0.25, 0.3) is 0 Å². The molecule has 0 rings (SSSR count). The van der Waals surface area contributed by atoms with E-state index in [1.165, 1.54) is 0 Å². The van der Waals surface area contributed by atoms with Crippen molar-refractivity contribution in [2.45, 2.75) is 45.1 Å². The summed E-state index contributed by atoms with van der Waals surface area (Å²) in [5.41, 5.74) is -0.293. The van der Waals surface area contributed by atoms with E-state index in [0.29, 0.717) is 0 Å². The van der Waals surface area contributed by atoms with E-state index >= 15 is 0 Å². The minimum atomic E-state index is -0.293. The third kappa shape index (κ3) is 5.85. The van der Waals surface area contributed by atoms with Crippen LogP contribution in [0.5, 0.6) is 0 Å². The van der Waals surface area contributed by atoms with Gasteiger partial charge in [0, 0.05) is 6.61 Å². The van der Waals surface area contributed by atoms with E-state index in [2.05, 4.69) is 11.2 Å². The molecule has 0 aromatic rings. The van der Waals surface area contributed by atoms with Crippen LogP contribution in [0.3, 0.4) is 0 Å². The van der Waals surface area contributed by atoms with Crippen molar-refractivity contribution in [3.05, 3.63) is 0 Å². The van der Waals surface area contributed by atoms with Crippen LogP contribution in [0.15, 0.2) is 0 Å². The van der Waals surface area contributed by atoms with Crippen LogP contribution in [0.1, 0.15) is 39.5 Å². The molecule has 0 heterocycles. The van der Waals surface area contributed by atoms with Gasteiger partial charge in [-0.05, 0) is 32.2 Å². The van der Waals surface area contributed by atoms with E-state index in [9.17, 15) is 0 Å². The second kappa shape index (κ2) is 7.66. The largest absolute Gasteiger partial charge is 0.462 e. The molecule has 1 atom stereocenters. The average Bonchev–Trinajstić information content (AvgIpc) is 2.13. The van der Waals surface area contributed by atoms with Crippen LogP contribution >= 0.6 is 0 Å². The lowest BCUT2D eigenvalue weighted by Crippen LogP contribution is -2.40. The SMILES string of the molecule is CCNC(C)(C#CO)CCCCCO. The molecule has 0 spiro atoms. The second-order valence-electron chi connectivity index (χ2n) is 3.63. The zero-order chi connectivity index (χ0) is 10.9. The molecule has 0 aliphatic heterocycles. The molecule has 3 N–H and O–H groups in total. The molecule has 14 heavy (non-hydrogen) atoms. The smallest absolute Gasteiger partial charge is 0.109 e. The molecule has 0 aliphatic rings. The summed E-state index contributed by atoms with van der Waals surface area (Å²) < 4.78 is 0. The molecule has 0 aromatic carbocycles. The Morgan fingerprint density at radius 1 is 1.29 bits per heavy atom. The Bertz CT molecular complexity index is 195. The molecule has 1 unspecified atom stereocenters. The average molecular weight is 199 g/mol. The van der Waals surface area contributed by atoms with Crippen molar-refractivity contribution in [2.24, 2.45) is 0 Å². The van der Waals surface area contributed by atoms with Gasteiger partial charge < -0.3 is 15.5 Å². The molecule has 0 saturated carbocycles. The quantitative estimate of drug-likeness (QED) is 0.427. The highest BCUT2D eigenvalue weighted by atomic mass is 16.3. The fraction of sp³-hybridized carbons (Fsp3) is 0.818. The Hall–Kier alpha value is -0.720. The van der Waals surface area contributed by atoms with E-state index in [0.717, 1.165) is 32.2 Å². The molecule has 3 nitrogen and oxygen atoms in total. The molecule has 0 saturated heterocycles. The molecular formula is C11H21NO2. The van der Waals surface area contributed by atoms with Crippen molar-refractivity contribution < 1.29 is 10.2 Å². The van der Waals surface area contributed by atoms with Crippen molar-refractivity contribution >= 4 is 0 Å². The molecular weight excluding hydrogens is 178 g/mol. The van der Waals surface area contributed by atoms with Gasteiger partial charge in [0.2, 0.25) is 0 Å². The van der Waals surface area contributed by atoms with Gasteiger partial charge in [-0.1, -0.05) is 19.8 Å². The van der Waals surface area contributed by atoms with E-state index in [-0.39, 0.29) is 12.1 Å². The summed E-state index contributed by atoms with van der Waals surface area (Å²) in [5, 5.41) is 20.4. The zero-order valence-corrected chi connectivity index (χ0v) is 9.14. The summed E-state index contributed by atoms with van der Waals surface area (Å²) >= 11 is 0. The number of nitrogens with one attached hydrogen (secondary N) is 1. The molecule has 0 aromatic heterocycles. The van der Waals surface area contributed by atoms with Gasteiger partial charge >= 0.3 is 0 Å². The van der Waals surface area contributed by atoms with Crippen LogP contribution in [0, 0.1) is 12.0 Å². The number of aliphatic hydroxyl groups excluding tert-OH is 2. The lowest BCUT2D eigenvalue weighted by molar-refractivity contribution is 0.279. The van der Waals surface area contributed by atoms with Gasteiger partial charge in [-0.25, -0.2) is 0 Å². The summed E-state index contributed by atoms with van der Waals surface area (Å²) in [4.78, 5) is 0. The lowest BCUT2D eigenvalue weighted by atomic mass is 9.95. The van der Waals surface area contributed by atoms with E-state index in [1.807, 2.05) is 20.0 Å². The van der Waals surface area contributed by atoms with Gasteiger partial charge in [-0.3, -0.25) is 0 Å². The standard InChI is InChI=1S/C11H21NO2/c1-3-12-11(2,8-10-14)7-5-4-6-9-13/h12-14H,3-7,9H2,1-2H3. The Labute approximate surface area is 86.5 Å². The van der Waals surface area contributed by atoms with Gasteiger partial charge in [0.05, 0.1) is 5.54 Å². The molecule has 0 radical (unpaired) electrons. The molecule has 0 bridgehead atoms. The first-order chi connectivity index (χ1) is 6.68. The first kappa shape index (κ1) is 13.3. The highest BCUT2D eigenvalue weighted by Crippen LogP contribution is 2.13. The third-order valence-electron chi connectivity index (χ3n) is 2.23. The Kier molecular flexibility index (Phi) is 7.27. The van der Waals surface area contributed by atoms with E-state index < -0.39 is 0 Å². The monoisotopic (exact) mass is 199 g/mol. The summed E-state index contributed by atoms with van der Waals surface area (Å²) in [7, 11) is 0. The summed E-state index contributed by atoms with van der Waals surface area (Å²) in [5.74, 6) is 2.77. The fourth-order valence-electron chi connectivity index (χ4n) is 1.48. The van der Waals surface area contributed by atoms with Crippen LogP contribution in [-0.4, -0.2) is 28.9 Å². The maximum absolute atomic E-state index is 8.62. The number of hydrogen-bond donors (Lipinski definition) is 3. The maximum Gasteiger partial charge on any atom is 0.109 e. The Morgan fingerprint density at radius 3 is 2.50 bits per heavy atom. The predicted octanol–water partition coefficient (Wildman–Crippen LogP) is 1.24. The molecule has 0 aliphatic carbocycles. The van der Waals surface area contributed by atoms with Gasteiger partial charge in [-0.15, -0.1) is 0 Å². The number of rotatable bonds is 7. The van der Waals surface area contributed by atoms with Crippen LogP contribution in [0.4, 0.5) is 0 Å². The van der Waals surface area contributed by atoms with E-state index in [4.69, 9.17) is 10.2 Å². The number of hydrogen-bond acceptors (Lipinski definition) is 3. The highest BCUT2D eigenvalue weighted by molar-refractivity contribution is 5.12. The summed E-state index contributed by atoms with van der Waals surface area (Å²) in [6, 6.07) is 0. The Balaban J connectivity index is 3.88. The second-order valence-corrected chi connectivity index (χ2v) is 3.63. The van der Waals surface area contributed by atoms with Crippen molar-refractivity contribution in [2.75, 3.05) is 13.2 Å². The lowest BCUT2D eigenvalue weighted by Gasteiger charge is -2.24. The van der Waals surface area contributed by atoms with Crippen LogP contribution in [-0.2, 0) is 0 Å².